The maximum atomic E-state index is 4.17. The zero-order valence-corrected chi connectivity index (χ0v) is 64.2. The van der Waals surface area contributed by atoms with Gasteiger partial charge in [-0.1, -0.05) is 149 Å². The molecule has 0 saturated heterocycles. The summed E-state index contributed by atoms with van der Waals surface area (Å²) in [5, 5.41) is 0. The molecule has 12 nitrogen and oxygen atoms in total. The largest absolute Gasteiger partial charge is 0.264 e. The van der Waals surface area contributed by atoms with Crippen molar-refractivity contribution in [1.29, 1.82) is 0 Å². The van der Waals surface area contributed by atoms with Crippen molar-refractivity contribution in [2.75, 3.05) is 0 Å². The molecule has 0 atom stereocenters. The normalized spacial score (nSPS) is 8.00. The van der Waals surface area contributed by atoms with Gasteiger partial charge in [-0.05, 0) is 218 Å². The second kappa shape index (κ2) is 77.2. The molecule has 0 aromatic carbocycles. The van der Waals surface area contributed by atoms with E-state index < -0.39 is 0 Å². The first-order valence-corrected chi connectivity index (χ1v) is 32.7. The Labute approximate surface area is 555 Å². The third kappa shape index (κ3) is 74.4. The van der Waals surface area contributed by atoms with Gasteiger partial charge in [-0.3, -0.25) is 39.9 Å². The van der Waals surface area contributed by atoms with Gasteiger partial charge in [-0.2, -0.15) is 0 Å². The summed E-state index contributed by atoms with van der Waals surface area (Å²) in [6.45, 7) is 71.8. The van der Waals surface area contributed by atoms with E-state index in [0.29, 0.717) is 0 Å². The van der Waals surface area contributed by atoms with E-state index in [0.717, 1.165) is 68.3 Å². The molecule has 9 aromatic heterocycles. The average Bonchev–Trinajstić information content (AvgIpc) is 3.57. The van der Waals surface area contributed by atoms with Crippen LogP contribution in [0, 0.1) is 125 Å². The van der Waals surface area contributed by atoms with Crippen molar-refractivity contribution in [2.24, 2.45) is 0 Å². The molecule has 0 saturated carbocycles. The number of pyridine rings is 6. The van der Waals surface area contributed by atoms with E-state index in [4.69, 9.17) is 0 Å². The Hall–Kier alpha value is -7.86. The summed E-state index contributed by atoms with van der Waals surface area (Å²) in [6.07, 6.45) is 21.8. The van der Waals surface area contributed by atoms with E-state index in [1.165, 1.54) is 33.4 Å². The van der Waals surface area contributed by atoms with Crippen molar-refractivity contribution in [2.45, 2.75) is 249 Å². The van der Waals surface area contributed by atoms with Crippen LogP contribution in [-0.2, 0) is 0 Å². The molecule has 0 aliphatic heterocycles. The smallest absolute Gasteiger partial charge is 0.125 e. The van der Waals surface area contributed by atoms with Crippen LogP contribution in [0.3, 0.4) is 0 Å². The van der Waals surface area contributed by atoms with Crippen molar-refractivity contribution in [3.8, 4) is 0 Å². The van der Waals surface area contributed by atoms with E-state index in [1.807, 2.05) is 340 Å². The highest BCUT2D eigenvalue weighted by Gasteiger charge is 1.88. The Morgan fingerprint density at radius 2 is 0.467 bits per heavy atom. The summed E-state index contributed by atoms with van der Waals surface area (Å²) in [4.78, 5) is 48.3. The Balaban J connectivity index is -0.000000113. The van der Waals surface area contributed by atoms with Gasteiger partial charge >= 0.3 is 0 Å². The fraction of sp³-hybridized carbons (Fsp3) is 0.462. The molecule has 0 aliphatic rings. The van der Waals surface area contributed by atoms with Crippen LogP contribution in [0.15, 0.2) is 147 Å². The number of hydrogen-bond acceptors (Lipinski definition) is 12. The fourth-order valence-corrected chi connectivity index (χ4v) is 5.21. The highest BCUT2D eigenvalue weighted by atomic mass is 14.8. The van der Waals surface area contributed by atoms with Crippen LogP contribution in [0.1, 0.15) is 226 Å². The van der Waals surface area contributed by atoms with Gasteiger partial charge in [-0.15, -0.1) is 0 Å². The van der Waals surface area contributed by atoms with E-state index >= 15 is 0 Å². The molecule has 0 unspecified atom stereocenters. The molecule has 0 spiro atoms. The topological polar surface area (TPSA) is 155 Å². The van der Waals surface area contributed by atoms with Crippen LogP contribution < -0.4 is 0 Å². The third-order valence-electron chi connectivity index (χ3n) is 8.99. The molecule has 0 aliphatic carbocycles. The molecular formula is C78H132N12. The van der Waals surface area contributed by atoms with Crippen LogP contribution in [0.25, 0.3) is 0 Å². The van der Waals surface area contributed by atoms with Gasteiger partial charge in [0.2, 0.25) is 0 Å². The number of aromatic nitrogens is 12. The van der Waals surface area contributed by atoms with Crippen LogP contribution in [0.2, 0.25) is 0 Å². The van der Waals surface area contributed by atoms with Gasteiger partial charge in [0.05, 0.1) is 11.4 Å². The minimum atomic E-state index is 0.829. The van der Waals surface area contributed by atoms with Gasteiger partial charge in [0.1, 0.15) is 11.6 Å². The number of hydrogen-bond donors (Lipinski definition) is 0. The quantitative estimate of drug-likeness (QED) is 0.142. The Bertz CT molecular complexity index is 2200. The van der Waals surface area contributed by atoms with E-state index in [1.54, 1.807) is 12.4 Å². The molecule has 0 radical (unpaired) electrons. The summed E-state index contributed by atoms with van der Waals surface area (Å²) in [6, 6.07) is 24.3. The molecule has 9 heterocycles. The van der Waals surface area contributed by atoms with Crippen molar-refractivity contribution < 1.29 is 0 Å². The molecule has 12 heteroatoms. The minimum absolute atomic E-state index is 0.829. The number of aryl methyl sites for hydroxylation is 18. The molecule has 0 bridgehead atoms. The van der Waals surface area contributed by atoms with Gasteiger partial charge in [0.15, 0.2) is 0 Å². The standard InChI is InChI=1S/6C7H9N.3C6H8N2.9C2H6/c1-6-3-7(2)5-8-4-6;2*1-6-3-4-8-7(2)5-6;2*1-6-3-4-7(2)8-5-6;1-6-4-3-5-7(2)8-6;1-5-3-8-6(2)4-7-5;2*1-5-3-7-6(2)8-4-5;9*1-2/h6*3-5H,1-2H3;3*3-4H,1-2H3;9*1-2H3. The second-order valence-electron chi connectivity index (χ2n) is 17.3. The molecular weight excluding hydrogens is 1100 g/mol. The Morgan fingerprint density at radius 1 is 0.189 bits per heavy atom. The zero-order chi connectivity index (χ0) is 71.8. The fourth-order valence-electron chi connectivity index (χ4n) is 5.21. The van der Waals surface area contributed by atoms with Crippen molar-refractivity contribution in [3.63, 3.8) is 0 Å². The van der Waals surface area contributed by atoms with E-state index in [9.17, 15) is 0 Å². The third-order valence-corrected chi connectivity index (χ3v) is 8.99. The molecule has 0 fully saturated rings. The minimum Gasteiger partial charge on any atom is -0.264 e. The summed E-state index contributed by atoms with van der Waals surface area (Å²) < 4.78 is 0. The molecule has 9 rings (SSSR count). The Kier molecular flexibility index (Phi) is 86.8. The van der Waals surface area contributed by atoms with Gasteiger partial charge < -0.3 is 0 Å². The highest BCUT2D eigenvalue weighted by molar-refractivity contribution is 5.16. The number of rotatable bonds is 0. The SMILES string of the molecule is CC.CC.CC.CC.CC.CC.CC.CC.CC.Cc1ccc(C)nc1.Cc1ccc(C)nc1.Cc1cccc(C)n1.Cc1ccnc(C)c1.Cc1ccnc(C)c1.Cc1cnc(C)cn1.Cc1cnc(C)nc1.Cc1cnc(C)nc1.Cc1cncc(C)c1. The second-order valence-corrected chi connectivity index (χ2v) is 17.3. The van der Waals surface area contributed by atoms with Crippen LogP contribution in [0.5, 0.6) is 0 Å². The molecule has 9 aromatic rings. The molecule has 0 N–H and O–H groups in total. The van der Waals surface area contributed by atoms with Gasteiger partial charge in [0, 0.05) is 109 Å². The zero-order valence-electron chi connectivity index (χ0n) is 64.2. The predicted molar refractivity (Wildman–Crippen MR) is 399 cm³/mol. The van der Waals surface area contributed by atoms with Crippen LogP contribution in [-0.4, -0.2) is 59.8 Å². The van der Waals surface area contributed by atoms with Gasteiger partial charge in [-0.25, -0.2) is 19.9 Å². The highest BCUT2D eigenvalue weighted by Crippen LogP contribution is 2.00. The summed E-state index contributed by atoms with van der Waals surface area (Å²) in [5.41, 5.74) is 18.1. The number of nitrogens with zero attached hydrogens (tertiary/aromatic N) is 12. The lowest BCUT2D eigenvalue weighted by Gasteiger charge is -1.90. The van der Waals surface area contributed by atoms with Crippen molar-refractivity contribution in [3.05, 3.63) is 249 Å². The first-order valence-electron chi connectivity index (χ1n) is 32.7. The van der Waals surface area contributed by atoms with Crippen LogP contribution in [0.4, 0.5) is 0 Å². The van der Waals surface area contributed by atoms with Crippen molar-refractivity contribution >= 4 is 0 Å². The predicted octanol–water partition coefficient (Wildman–Crippen LogP) is 22.7. The molecule has 0 amide bonds. The van der Waals surface area contributed by atoms with Crippen molar-refractivity contribution in [1.82, 2.24) is 59.8 Å². The first-order chi connectivity index (χ1) is 43.1. The maximum Gasteiger partial charge on any atom is 0.125 e. The summed E-state index contributed by atoms with van der Waals surface area (Å²) in [7, 11) is 0. The molecule has 90 heavy (non-hydrogen) atoms. The summed E-state index contributed by atoms with van der Waals surface area (Å²) in [5.74, 6) is 1.66. The van der Waals surface area contributed by atoms with Crippen LogP contribution >= 0.6 is 0 Å². The average molecular weight is 1240 g/mol. The Morgan fingerprint density at radius 3 is 0.633 bits per heavy atom. The van der Waals surface area contributed by atoms with E-state index in [2.05, 4.69) is 104 Å². The maximum absolute atomic E-state index is 4.17. The molecule has 504 valence electrons. The lowest BCUT2D eigenvalue weighted by atomic mass is 10.2. The summed E-state index contributed by atoms with van der Waals surface area (Å²) >= 11 is 0. The lowest BCUT2D eigenvalue weighted by Crippen LogP contribution is -1.84. The van der Waals surface area contributed by atoms with E-state index in [-0.39, 0.29) is 0 Å². The monoisotopic (exact) mass is 1240 g/mol. The van der Waals surface area contributed by atoms with Gasteiger partial charge in [0.25, 0.3) is 0 Å². The lowest BCUT2D eigenvalue weighted by molar-refractivity contribution is 1.03. The first kappa shape index (κ1) is 101.